The lowest BCUT2D eigenvalue weighted by molar-refractivity contribution is 1.23. The Morgan fingerprint density at radius 2 is 1.95 bits per heavy atom. The molecule has 0 fully saturated rings. The van der Waals surface area contributed by atoms with E-state index in [4.69, 9.17) is 4.99 Å². The average Bonchev–Trinajstić information content (AvgIpc) is 3.05. The van der Waals surface area contributed by atoms with Gasteiger partial charge in [-0.2, -0.15) is 0 Å². The fourth-order valence-electron chi connectivity index (χ4n) is 2.16. The van der Waals surface area contributed by atoms with E-state index < -0.39 is 0 Å². The van der Waals surface area contributed by atoms with Crippen molar-refractivity contribution in [1.29, 1.82) is 0 Å². The van der Waals surface area contributed by atoms with Crippen LogP contribution in [0.4, 0.5) is 0 Å². The molecule has 0 spiro atoms. The molecule has 112 valence electrons. The van der Waals surface area contributed by atoms with Crippen LogP contribution in [0.2, 0.25) is 0 Å². The molecule has 0 aliphatic rings. The maximum absolute atomic E-state index is 4.78. The minimum Gasteiger partial charge on any atom is -0.253 e. The summed E-state index contributed by atoms with van der Waals surface area (Å²) in [5.41, 5.74) is 4.41. The smallest absolute Gasteiger partial charge is 0.0641 e. The van der Waals surface area contributed by atoms with Gasteiger partial charge in [-0.05, 0) is 47.6 Å². The molecule has 1 aromatic heterocycles. The maximum atomic E-state index is 4.78. The Morgan fingerprint density at radius 1 is 1.18 bits per heavy atom. The Bertz CT molecular complexity index is 673. The van der Waals surface area contributed by atoms with Gasteiger partial charge in [-0.3, -0.25) is 4.99 Å². The molecule has 0 radical (unpaired) electrons. The van der Waals surface area contributed by atoms with E-state index in [0.29, 0.717) is 0 Å². The molecule has 1 heterocycles. The summed E-state index contributed by atoms with van der Waals surface area (Å²) >= 11 is 1.70. The van der Waals surface area contributed by atoms with E-state index in [1.165, 1.54) is 10.4 Å². The molecule has 0 unspecified atom stereocenters. The number of hydrogen-bond acceptors (Lipinski definition) is 2. The highest BCUT2D eigenvalue weighted by Gasteiger charge is 2.02. The highest BCUT2D eigenvalue weighted by Crippen LogP contribution is 2.17. The van der Waals surface area contributed by atoms with E-state index in [2.05, 4.69) is 61.9 Å². The van der Waals surface area contributed by atoms with Crippen LogP contribution in [0.3, 0.4) is 0 Å². The van der Waals surface area contributed by atoms with Crippen LogP contribution in [0.15, 0.2) is 77.8 Å². The molecular weight excluding hydrogens is 286 g/mol. The number of benzene rings is 1. The lowest BCUT2D eigenvalue weighted by Crippen LogP contribution is -1.99. The number of thiophene rings is 1. The van der Waals surface area contributed by atoms with Crippen LogP contribution in [0.25, 0.3) is 6.08 Å². The Balaban J connectivity index is 2.28. The molecule has 0 aliphatic carbocycles. The van der Waals surface area contributed by atoms with Gasteiger partial charge in [0.15, 0.2) is 0 Å². The largest absolute Gasteiger partial charge is 0.253 e. The predicted molar refractivity (Wildman–Crippen MR) is 99.7 cm³/mol. The van der Waals surface area contributed by atoms with E-state index in [1.54, 1.807) is 11.3 Å². The number of hydrogen-bond donors (Lipinski definition) is 0. The molecule has 22 heavy (non-hydrogen) atoms. The molecule has 0 saturated heterocycles. The first kappa shape index (κ1) is 16.2. The molecule has 0 amide bonds. The lowest BCUT2D eigenvalue weighted by atomic mass is 10.0. The number of rotatable bonds is 7. The normalized spacial score (nSPS) is 12.2. The number of allylic oxidation sites excluding steroid dienone is 2. The first-order chi connectivity index (χ1) is 10.8. The van der Waals surface area contributed by atoms with Gasteiger partial charge in [0.05, 0.1) is 5.70 Å². The van der Waals surface area contributed by atoms with Gasteiger partial charge in [-0.1, -0.05) is 49.9 Å². The number of nitrogens with zero attached hydrogens (tertiary/aromatic N) is 1. The summed E-state index contributed by atoms with van der Waals surface area (Å²) in [6.07, 6.45) is 7.58. The predicted octanol–water partition coefficient (Wildman–Crippen LogP) is 5.90. The van der Waals surface area contributed by atoms with Crippen LogP contribution in [-0.4, -0.2) is 5.71 Å². The summed E-state index contributed by atoms with van der Waals surface area (Å²) in [5.74, 6) is 0. The topological polar surface area (TPSA) is 12.4 Å². The first-order valence-corrected chi connectivity index (χ1v) is 8.30. The van der Waals surface area contributed by atoms with E-state index >= 15 is 0 Å². The third kappa shape index (κ3) is 4.40. The fraction of sp³-hybridized carbons (Fsp3) is 0.150. The van der Waals surface area contributed by atoms with E-state index in [0.717, 1.165) is 29.8 Å². The minimum atomic E-state index is 0.885. The summed E-state index contributed by atoms with van der Waals surface area (Å²) in [6, 6.07) is 12.7. The summed E-state index contributed by atoms with van der Waals surface area (Å²) in [7, 11) is 0. The van der Waals surface area contributed by atoms with Crippen LogP contribution in [0.1, 0.15) is 29.3 Å². The molecule has 0 N–H and O–H groups in total. The number of aliphatic imine (C=N–C) groups is 1. The Hall–Kier alpha value is -2.19. The maximum Gasteiger partial charge on any atom is 0.0641 e. The van der Waals surface area contributed by atoms with Gasteiger partial charge in [0.2, 0.25) is 0 Å². The van der Waals surface area contributed by atoms with Crippen molar-refractivity contribution in [2.75, 3.05) is 0 Å². The molecule has 0 aliphatic heterocycles. The molecule has 0 bridgehead atoms. The van der Waals surface area contributed by atoms with Crippen LogP contribution in [-0.2, 0) is 6.42 Å². The van der Waals surface area contributed by atoms with Gasteiger partial charge in [0, 0.05) is 10.6 Å². The van der Waals surface area contributed by atoms with E-state index in [1.807, 2.05) is 18.2 Å². The molecule has 0 saturated carbocycles. The SMILES string of the molecule is C=CCc1ccc(/C(CC)=N/C(C=C)=C/c2cccs2)cc1. The van der Waals surface area contributed by atoms with Crippen LogP contribution in [0, 0.1) is 0 Å². The summed E-state index contributed by atoms with van der Waals surface area (Å²) in [6.45, 7) is 9.78. The summed E-state index contributed by atoms with van der Waals surface area (Å²) in [4.78, 5) is 5.97. The zero-order valence-electron chi connectivity index (χ0n) is 13.0. The van der Waals surface area contributed by atoms with Gasteiger partial charge in [-0.25, -0.2) is 0 Å². The molecule has 1 nitrogen and oxygen atoms in total. The zero-order valence-corrected chi connectivity index (χ0v) is 13.8. The van der Waals surface area contributed by atoms with Gasteiger partial charge >= 0.3 is 0 Å². The first-order valence-electron chi connectivity index (χ1n) is 7.42. The van der Waals surface area contributed by atoms with Gasteiger partial charge in [0.1, 0.15) is 0 Å². The standard InChI is InChI=1S/C20H21NS/c1-4-8-16-10-12-17(13-11-16)20(6-3)21-18(5-2)15-19-9-7-14-22-19/h4-5,7,9-15H,1-2,6,8H2,3H3/b18-15+,21-20+. The fourth-order valence-corrected chi connectivity index (χ4v) is 2.82. The quantitative estimate of drug-likeness (QED) is 0.343. The zero-order chi connectivity index (χ0) is 15.8. The molecule has 2 aromatic rings. The summed E-state index contributed by atoms with van der Waals surface area (Å²) in [5, 5.41) is 2.06. The monoisotopic (exact) mass is 307 g/mol. The van der Waals surface area contributed by atoms with Gasteiger partial charge in [-0.15, -0.1) is 17.9 Å². The lowest BCUT2D eigenvalue weighted by Gasteiger charge is -2.06. The Labute approximate surface area is 137 Å². The van der Waals surface area contributed by atoms with Gasteiger partial charge < -0.3 is 0 Å². The van der Waals surface area contributed by atoms with E-state index in [-0.39, 0.29) is 0 Å². The van der Waals surface area contributed by atoms with Crippen LogP contribution >= 0.6 is 11.3 Å². The molecule has 1 aromatic carbocycles. The van der Waals surface area contributed by atoms with Crippen molar-refractivity contribution in [1.82, 2.24) is 0 Å². The second-order valence-corrected chi connectivity index (χ2v) is 5.87. The minimum absolute atomic E-state index is 0.885. The van der Waals surface area contributed by atoms with Crippen molar-refractivity contribution < 1.29 is 0 Å². The van der Waals surface area contributed by atoms with Gasteiger partial charge in [0.25, 0.3) is 0 Å². The Morgan fingerprint density at radius 3 is 2.50 bits per heavy atom. The molecule has 2 rings (SSSR count). The average molecular weight is 307 g/mol. The molecular formula is C20H21NS. The third-order valence-electron chi connectivity index (χ3n) is 3.31. The van der Waals surface area contributed by atoms with Crippen molar-refractivity contribution in [3.05, 3.63) is 88.8 Å². The van der Waals surface area contributed by atoms with Crippen LogP contribution in [0.5, 0.6) is 0 Å². The Kier molecular flexibility index (Phi) is 6.11. The second kappa shape index (κ2) is 8.30. The van der Waals surface area contributed by atoms with Crippen LogP contribution < -0.4 is 0 Å². The highest BCUT2D eigenvalue weighted by atomic mass is 32.1. The van der Waals surface area contributed by atoms with Crippen molar-refractivity contribution in [2.24, 2.45) is 4.99 Å². The molecule has 2 heteroatoms. The van der Waals surface area contributed by atoms with Crippen molar-refractivity contribution in [3.8, 4) is 0 Å². The second-order valence-electron chi connectivity index (χ2n) is 4.89. The van der Waals surface area contributed by atoms with Crippen molar-refractivity contribution >= 4 is 23.1 Å². The van der Waals surface area contributed by atoms with E-state index in [9.17, 15) is 0 Å². The highest BCUT2D eigenvalue weighted by molar-refractivity contribution is 7.10. The van der Waals surface area contributed by atoms with Crippen molar-refractivity contribution in [3.63, 3.8) is 0 Å². The third-order valence-corrected chi connectivity index (χ3v) is 4.13. The molecule has 0 atom stereocenters. The summed E-state index contributed by atoms with van der Waals surface area (Å²) < 4.78 is 0. The van der Waals surface area contributed by atoms with Crippen molar-refractivity contribution in [2.45, 2.75) is 19.8 Å².